The minimum absolute atomic E-state index is 0.0256. The summed E-state index contributed by atoms with van der Waals surface area (Å²) in [5, 5.41) is 3.97. The Hall–Kier alpha value is -3.25. The summed E-state index contributed by atoms with van der Waals surface area (Å²) in [5.74, 6) is -0.0351. The minimum atomic E-state index is -0.576. The van der Waals surface area contributed by atoms with Gasteiger partial charge < -0.3 is 19.5 Å². The molecule has 0 amide bonds. The highest BCUT2D eigenvalue weighted by Gasteiger charge is 2.41. The first-order valence-electron chi connectivity index (χ1n) is 10.7. The molecule has 33 heavy (non-hydrogen) atoms. The number of allylic oxidation sites excluding steroid dienone is 3. The third-order valence-electron chi connectivity index (χ3n) is 6.32. The molecule has 2 aromatic carbocycles. The molecule has 4 rings (SSSR count). The Morgan fingerprint density at radius 2 is 1.76 bits per heavy atom. The van der Waals surface area contributed by atoms with Crippen LogP contribution in [0, 0.1) is 0 Å². The smallest absolute Gasteiger partial charge is 0.336 e. The van der Waals surface area contributed by atoms with Crippen LogP contribution in [0.15, 0.2) is 65.0 Å². The molecule has 0 aromatic heterocycles. The summed E-state index contributed by atoms with van der Waals surface area (Å²) in [4.78, 5) is 26.4. The molecule has 0 unspecified atom stereocenters. The van der Waals surface area contributed by atoms with Gasteiger partial charge in [0.1, 0.15) is 0 Å². The van der Waals surface area contributed by atoms with Gasteiger partial charge in [0.15, 0.2) is 17.3 Å². The van der Waals surface area contributed by atoms with Crippen LogP contribution in [0.2, 0.25) is 5.02 Å². The number of hydrogen-bond donors (Lipinski definition) is 1. The van der Waals surface area contributed by atoms with Gasteiger partial charge in [-0.3, -0.25) is 4.79 Å². The first-order valence-corrected chi connectivity index (χ1v) is 11.1. The number of ether oxygens (including phenoxy) is 3. The molecule has 0 fully saturated rings. The fourth-order valence-electron chi connectivity index (χ4n) is 4.81. The molecule has 0 spiro atoms. The second kappa shape index (κ2) is 9.32. The molecule has 0 bridgehead atoms. The normalized spacial score (nSPS) is 20.2. The average Bonchev–Trinajstić information content (AvgIpc) is 2.82. The lowest BCUT2D eigenvalue weighted by atomic mass is 9.71. The Bertz CT molecular complexity index is 1180. The van der Waals surface area contributed by atoms with Crippen molar-refractivity contribution in [2.45, 2.75) is 31.6 Å². The third kappa shape index (κ3) is 4.11. The summed E-state index contributed by atoms with van der Waals surface area (Å²) < 4.78 is 15.9. The fourth-order valence-corrected chi connectivity index (χ4v) is 5.10. The van der Waals surface area contributed by atoms with Crippen LogP contribution in [0.3, 0.4) is 0 Å². The second-order valence-electron chi connectivity index (χ2n) is 8.14. The Morgan fingerprint density at radius 3 is 2.42 bits per heavy atom. The number of hydrogen-bond acceptors (Lipinski definition) is 6. The van der Waals surface area contributed by atoms with E-state index in [1.807, 2.05) is 43.3 Å². The summed E-state index contributed by atoms with van der Waals surface area (Å²) in [7, 11) is 4.46. The van der Waals surface area contributed by atoms with Crippen LogP contribution in [-0.2, 0) is 14.3 Å². The van der Waals surface area contributed by atoms with Gasteiger partial charge in [-0.25, -0.2) is 4.79 Å². The summed E-state index contributed by atoms with van der Waals surface area (Å²) in [6.07, 6.45) is 0.919. The zero-order valence-corrected chi connectivity index (χ0v) is 19.8. The van der Waals surface area contributed by atoms with Gasteiger partial charge in [0.2, 0.25) is 0 Å². The number of dihydropyridines is 1. The molecule has 1 N–H and O–H groups in total. The highest BCUT2D eigenvalue weighted by atomic mass is 35.5. The van der Waals surface area contributed by atoms with Crippen LogP contribution in [0.25, 0.3) is 0 Å². The summed E-state index contributed by atoms with van der Waals surface area (Å²) in [5.41, 5.74) is 4.16. The van der Waals surface area contributed by atoms with E-state index in [1.165, 1.54) is 7.11 Å². The van der Waals surface area contributed by atoms with Crippen LogP contribution in [0.4, 0.5) is 0 Å². The maximum atomic E-state index is 13.6. The minimum Gasteiger partial charge on any atom is -0.493 e. The van der Waals surface area contributed by atoms with Crippen molar-refractivity contribution in [2.75, 3.05) is 21.3 Å². The second-order valence-corrected chi connectivity index (χ2v) is 8.55. The van der Waals surface area contributed by atoms with Gasteiger partial charge >= 0.3 is 5.97 Å². The number of esters is 1. The molecule has 0 saturated carbocycles. The number of rotatable bonds is 5. The summed E-state index contributed by atoms with van der Waals surface area (Å²) >= 11 is 6.44. The largest absolute Gasteiger partial charge is 0.493 e. The molecule has 0 radical (unpaired) electrons. The van der Waals surface area contributed by atoms with Gasteiger partial charge in [0, 0.05) is 34.3 Å². The lowest BCUT2D eigenvalue weighted by Crippen LogP contribution is -2.36. The van der Waals surface area contributed by atoms with Crippen molar-refractivity contribution in [3.63, 3.8) is 0 Å². The quantitative estimate of drug-likeness (QED) is 0.631. The molecule has 1 heterocycles. The number of benzene rings is 2. The topological polar surface area (TPSA) is 73.9 Å². The molecule has 2 aliphatic rings. The number of carbonyl (C=O) groups excluding carboxylic acids is 2. The monoisotopic (exact) mass is 467 g/mol. The van der Waals surface area contributed by atoms with E-state index in [0.717, 1.165) is 16.8 Å². The molecule has 2 aromatic rings. The molecule has 1 aliphatic heterocycles. The van der Waals surface area contributed by atoms with E-state index in [0.29, 0.717) is 46.2 Å². The maximum absolute atomic E-state index is 13.6. The molecule has 1 aliphatic carbocycles. The highest BCUT2D eigenvalue weighted by Crippen LogP contribution is 2.47. The van der Waals surface area contributed by atoms with Crippen LogP contribution >= 0.6 is 11.6 Å². The van der Waals surface area contributed by atoms with E-state index in [4.69, 9.17) is 25.8 Å². The van der Waals surface area contributed by atoms with Crippen LogP contribution < -0.4 is 14.8 Å². The van der Waals surface area contributed by atoms with Crippen molar-refractivity contribution in [2.24, 2.45) is 0 Å². The first-order chi connectivity index (χ1) is 15.9. The van der Waals surface area contributed by atoms with E-state index in [1.54, 1.807) is 20.3 Å². The Morgan fingerprint density at radius 1 is 1.03 bits per heavy atom. The molecule has 7 heteroatoms. The Kier molecular flexibility index (Phi) is 6.47. The molecular formula is C26H26ClNO5. The average molecular weight is 468 g/mol. The molecule has 0 saturated heterocycles. The predicted molar refractivity (Wildman–Crippen MR) is 126 cm³/mol. The van der Waals surface area contributed by atoms with E-state index in [9.17, 15) is 9.59 Å². The van der Waals surface area contributed by atoms with Crippen molar-refractivity contribution < 1.29 is 23.8 Å². The fraction of sp³-hybridized carbons (Fsp3) is 0.308. The van der Waals surface area contributed by atoms with Crippen LogP contribution in [0.5, 0.6) is 11.5 Å². The summed E-state index contributed by atoms with van der Waals surface area (Å²) in [6, 6.07) is 13.0. The number of carbonyl (C=O) groups is 2. The van der Waals surface area contributed by atoms with Crippen molar-refractivity contribution in [1.29, 1.82) is 0 Å². The maximum Gasteiger partial charge on any atom is 0.336 e. The van der Waals surface area contributed by atoms with Crippen molar-refractivity contribution >= 4 is 23.4 Å². The lowest BCUT2D eigenvalue weighted by molar-refractivity contribution is -0.136. The Labute approximate surface area is 198 Å². The van der Waals surface area contributed by atoms with Gasteiger partial charge in [-0.05, 0) is 48.6 Å². The zero-order valence-electron chi connectivity index (χ0n) is 19.0. The molecule has 172 valence electrons. The number of ketones is 1. The van der Waals surface area contributed by atoms with Gasteiger partial charge in [-0.2, -0.15) is 0 Å². The number of nitrogens with one attached hydrogen (secondary N) is 1. The molecule has 2 atom stereocenters. The lowest BCUT2D eigenvalue weighted by Gasteiger charge is -2.36. The van der Waals surface area contributed by atoms with Crippen molar-refractivity contribution in [3.05, 3.63) is 81.2 Å². The standard InChI is InChI=1S/C26H26ClNO5/c1-14-23(26(30)33-4)24(15-9-10-21(31-2)22(13-15)32-3)25-19(28-14)11-16(12-20(25)29)17-7-5-6-8-18(17)27/h5-10,13,16,24,28H,11-12H2,1-4H3/t16-,24-/m0/s1. The van der Waals surface area contributed by atoms with Crippen molar-refractivity contribution in [3.8, 4) is 11.5 Å². The van der Waals surface area contributed by atoms with E-state index in [-0.39, 0.29) is 11.7 Å². The van der Waals surface area contributed by atoms with Crippen LogP contribution in [0.1, 0.15) is 42.7 Å². The SMILES string of the molecule is COC(=O)C1=C(C)NC2=C(C(=O)C[C@@H](c3ccccc3Cl)C2)[C@H]1c1ccc(OC)c(OC)c1. The molecular weight excluding hydrogens is 442 g/mol. The number of Topliss-reactive ketones (excluding diaryl/α,β-unsaturated/α-hetero) is 1. The Balaban J connectivity index is 1.84. The highest BCUT2D eigenvalue weighted by molar-refractivity contribution is 6.31. The molecule has 6 nitrogen and oxygen atoms in total. The van der Waals surface area contributed by atoms with Gasteiger partial charge in [-0.1, -0.05) is 35.9 Å². The van der Waals surface area contributed by atoms with E-state index >= 15 is 0 Å². The third-order valence-corrected chi connectivity index (χ3v) is 6.66. The number of methoxy groups -OCH3 is 3. The van der Waals surface area contributed by atoms with Gasteiger partial charge in [0.25, 0.3) is 0 Å². The van der Waals surface area contributed by atoms with Crippen LogP contribution in [-0.4, -0.2) is 33.1 Å². The van der Waals surface area contributed by atoms with E-state index in [2.05, 4.69) is 5.32 Å². The van der Waals surface area contributed by atoms with Gasteiger partial charge in [-0.15, -0.1) is 0 Å². The first kappa shape index (κ1) is 22.9. The van der Waals surface area contributed by atoms with Crippen molar-refractivity contribution in [1.82, 2.24) is 5.32 Å². The van der Waals surface area contributed by atoms with Gasteiger partial charge in [0.05, 0.1) is 26.9 Å². The summed E-state index contributed by atoms with van der Waals surface area (Å²) in [6.45, 7) is 1.83. The number of halogens is 1. The zero-order chi connectivity index (χ0) is 23.7. The predicted octanol–water partition coefficient (Wildman–Crippen LogP) is 4.89. The van der Waals surface area contributed by atoms with E-state index < -0.39 is 11.9 Å².